The van der Waals surface area contributed by atoms with Gasteiger partial charge >= 0.3 is 0 Å². The summed E-state index contributed by atoms with van der Waals surface area (Å²) in [4.78, 5) is 28.7. The van der Waals surface area contributed by atoms with E-state index in [0.717, 1.165) is 0 Å². The maximum atomic E-state index is 11.6. The molecule has 27 heavy (non-hydrogen) atoms. The summed E-state index contributed by atoms with van der Waals surface area (Å²) in [6, 6.07) is 1.36. The lowest BCUT2D eigenvalue weighted by Crippen LogP contribution is -2.47. The first-order chi connectivity index (χ1) is 12.9. The second-order valence-electron chi connectivity index (χ2n) is 6.67. The highest BCUT2D eigenvalue weighted by Gasteiger charge is 2.42. The lowest BCUT2D eigenvalue weighted by molar-refractivity contribution is -0.397. The molecule has 3 heterocycles. The lowest BCUT2D eigenvalue weighted by Gasteiger charge is -2.40. The van der Waals surface area contributed by atoms with Gasteiger partial charge < -0.3 is 9.47 Å². The van der Waals surface area contributed by atoms with E-state index in [-0.39, 0.29) is 22.4 Å². The summed E-state index contributed by atoms with van der Waals surface area (Å²) in [5.41, 5.74) is -0.305. The molecule has 0 N–H and O–H groups in total. The number of nitro benzene ring substituents is 2. The predicted octanol–water partition coefficient (Wildman–Crippen LogP) is 2.46. The zero-order chi connectivity index (χ0) is 19.2. The Labute approximate surface area is 158 Å². The molecule has 1 atom stereocenters. The van der Waals surface area contributed by atoms with Crippen LogP contribution in [0, 0.1) is 27.2 Å². The number of aliphatic imine (C=N–C) groups is 1. The van der Waals surface area contributed by atoms with Crippen LogP contribution in [0.4, 0.5) is 11.4 Å². The van der Waals surface area contributed by atoms with E-state index in [1.54, 1.807) is 0 Å². The third-order valence-electron chi connectivity index (χ3n) is 5.14. The van der Waals surface area contributed by atoms with Crippen molar-refractivity contribution in [3.8, 4) is 0 Å². The first-order valence-corrected chi connectivity index (χ1v) is 9.46. The van der Waals surface area contributed by atoms with E-state index in [1.807, 2.05) is 0 Å². The Bertz CT molecular complexity index is 829. The van der Waals surface area contributed by atoms with E-state index in [4.69, 9.17) is 9.47 Å². The van der Waals surface area contributed by atoms with Crippen LogP contribution < -0.4 is 0 Å². The molecule has 1 spiro atoms. The molecule has 2 saturated heterocycles. The monoisotopic (exact) mass is 394 g/mol. The molecule has 0 saturated carbocycles. The van der Waals surface area contributed by atoms with E-state index in [0.29, 0.717) is 49.6 Å². The number of thioether (sulfide) groups is 1. The quantitative estimate of drug-likeness (QED) is 0.566. The first-order valence-electron chi connectivity index (χ1n) is 8.58. The first kappa shape index (κ1) is 18.3. The van der Waals surface area contributed by atoms with Crippen LogP contribution >= 0.6 is 11.8 Å². The Balaban J connectivity index is 1.59. The summed E-state index contributed by atoms with van der Waals surface area (Å²) in [5, 5.41) is 22.8. The van der Waals surface area contributed by atoms with E-state index in [2.05, 4.69) is 9.89 Å². The van der Waals surface area contributed by atoms with Crippen molar-refractivity contribution in [1.29, 1.82) is 0 Å². The van der Waals surface area contributed by atoms with Crippen molar-refractivity contribution >= 4 is 29.4 Å². The van der Waals surface area contributed by atoms with Gasteiger partial charge in [0.2, 0.25) is 0 Å². The number of likely N-dealkylation sites (tertiary alicyclic amines) is 1. The topological polar surface area (TPSA) is 120 Å². The van der Waals surface area contributed by atoms with E-state index < -0.39 is 15.6 Å². The maximum absolute atomic E-state index is 11.6. The smallest absolute Gasteiger partial charge is 0.293 e. The lowest BCUT2D eigenvalue weighted by atomic mass is 10.0. The van der Waals surface area contributed by atoms with E-state index in [1.165, 1.54) is 31.0 Å². The highest BCUT2D eigenvalue weighted by Crippen LogP contribution is 2.45. The fourth-order valence-corrected chi connectivity index (χ4v) is 4.98. The number of piperidine rings is 1. The summed E-state index contributed by atoms with van der Waals surface area (Å²) in [6.45, 7) is 4.02. The van der Waals surface area contributed by atoms with Gasteiger partial charge in [-0.05, 0) is 6.92 Å². The molecule has 0 radical (unpaired) electrons. The van der Waals surface area contributed by atoms with Crippen molar-refractivity contribution in [2.45, 2.75) is 35.9 Å². The van der Waals surface area contributed by atoms with Gasteiger partial charge in [0, 0.05) is 43.8 Å². The number of rotatable bonds is 3. The Morgan fingerprint density at radius 1 is 1.22 bits per heavy atom. The molecule has 4 rings (SSSR count). The zero-order valence-corrected chi connectivity index (χ0v) is 15.4. The van der Waals surface area contributed by atoms with Gasteiger partial charge in [-0.2, -0.15) is 0 Å². The number of hydrogen-bond acceptors (Lipinski definition) is 9. The minimum absolute atomic E-state index is 0.0654. The average molecular weight is 394 g/mol. The van der Waals surface area contributed by atoms with Crippen LogP contribution in [0.2, 0.25) is 0 Å². The molecule has 1 aromatic carbocycles. The molecule has 0 aromatic heterocycles. The Hall–Kier alpha value is -2.08. The van der Waals surface area contributed by atoms with Crippen molar-refractivity contribution in [1.82, 2.24) is 4.90 Å². The summed E-state index contributed by atoms with van der Waals surface area (Å²) in [6.07, 6.45) is 2.94. The standard InChI is InChI=1S/C16H18N4O6S/c1-10-12(19(21)22)8-11-9-17-15(27-14(11)13(10)20(23)24)18-4-2-16(3-5-18)25-6-7-26-16/h8-9,15H,2-7H2,1H3. The molecule has 0 amide bonds. The predicted molar refractivity (Wildman–Crippen MR) is 97.2 cm³/mol. The van der Waals surface area contributed by atoms with Crippen LogP contribution in [0.3, 0.4) is 0 Å². The summed E-state index contributed by atoms with van der Waals surface area (Å²) in [7, 11) is 0. The van der Waals surface area contributed by atoms with Crippen LogP contribution in [0.15, 0.2) is 16.0 Å². The van der Waals surface area contributed by atoms with Gasteiger partial charge in [-0.15, -0.1) is 0 Å². The molecule has 11 heteroatoms. The average Bonchev–Trinajstić information content (AvgIpc) is 3.09. The Morgan fingerprint density at radius 2 is 1.89 bits per heavy atom. The minimum Gasteiger partial charge on any atom is -0.347 e. The molecule has 3 aliphatic heterocycles. The van der Waals surface area contributed by atoms with Gasteiger partial charge in [-0.1, -0.05) is 11.8 Å². The third-order valence-corrected chi connectivity index (χ3v) is 6.43. The number of hydrogen-bond donors (Lipinski definition) is 0. The highest BCUT2D eigenvalue weighted by atomic mass is 32.2. The number of nitro groups is 2. The van der Waals surface area contributed by atoms with Crippen LogP contribution in [-0.2, 0) is 9.47 Å². The van der Waals surface area contributed by atoms with Crippen molar-refractivity contribution < 1.29 is 19.3 Å². The Morgan fingerprint density at radius 3 is 2.48 bits per heavy atom. The summed E-state index contributed by atoms with van der Waals surface area (Å²) < 4.78 is 11.5. The SMILES string of the molecule is Cc1c([N+](=O)[O-])cc2c(c1[N+](=O)[O-])SC(N1CCC3(CC1)OCCO3)N=C2. The van der Waals surface area contributed by atoms with Crippen molar-refractivity contribution in [2.24, 2.45) is 4.99 Å². The van der Waals surface area contributed by atoms with Crippen LogP contribution in [-0.4, -0.2) is 58.5 Å². The number of fused-ring (bicyclic) bond motifs is 1. The van der Waals surface area contributed by atoms with Crippen molar-refractivity contribution in [3.05, 3.63) is 37.4 Å². The van der Waals surface area contributed by atoms with Gasteiger partial charge in [0.1, 0.15) is 5.56 Å². The molecule has 0 aliphatic carbocycles. The number of benzene rings is 1. The van der Waals surface area contributed by atoms with Crippen molar-refractivity contribution in [2.75, 3.05) is 26.3 Å². The molecule has 3 aliphatic rings. The molecule has 1 aromatic rings. The Kier molecular flexibility index (Phi) is 4.62. The van der Waals surface area contributed by atoms with Gasteiger partial charge in [-0.3, -0.25) is 30.1 Å². The molecular weight excluding hydrogens is 376 g/mol. The van der Waals surface area contributed by atoms with Gasteiger partial charge in [0.25, 0.3) is 11.4 Å². The minimum atomic E-state index is -0.598. The number of ether oxygens (including phenoxy) is 2. The van der Waals surface area contributed by atoms with Gasteiger partial charge in [0.05, 0.1) is 28.0 Å². The van der Waals surface area contributed by atoms with Gasteiger partial charge in [0.15, 0.2) is 11.3 Å². The molecular formula is C16H18N4O6S. The largest absolute Gasteiger partial charge is 0.347 e. The summed E-state index contributed by atoms with van der Waals surface area (Å²) >= 11 is 1.27. The molecule has 1 unspecified atom stereocenters. The normalized spacial score (nSPS) is 24.1. The molecule has 0 bridgehead atoms. The van der Waals surface area contributed by atoms with E-state index >= 15 is 0 Å². The van der Waals surface area contributed by atoms with Gasteiger partial charge in [-0.25, -0.2) is 0 Å². The zero-order valence-electron chi connectivity index (χ0n) is 14.6. The van der Waals surface area contributed by atoms with Crippen LogP contribution in [0.5, 0.6) is 0 Å². The highest BCUT2D eigenvalue weighted by molar-refractivity contribution is 8.00. The fraction of sp³-hybridized carbons (Fsp3) is 0.562. The third kappa shape index (κ3) is 3.20. The van der Waals surface area contributed by atoms with E-state index in [9.17, 15) is 20.2 Å². The van der Waals surface area contributed by atoms with Crippen LogP contribution in [0.1, 0.15) is 24.0 Å². The second kappa shape index (κ2) is 6.82. The molecule has 144 valence electrons. The molecule has 10 nitrogen and oxygen atoms in total. The molecule has 2 fully saturated rings. The van der Waals surface area contributed by atoms with Crippen molar-refractivity contribution in [3.63, 3.8) is 0 Å². The number of nitrogens with zero attached hydrogens (tertiary/aromatic N) is 4. The maximum Gasteiger partial charge on any atom is 0.293 e. The fourth-order valence-electron chi connectivity index (χ4n) is 3.70. The van der Waals surface area contributed by atoms with Crippen LogP contribution in [0.25, 0.3) is 0 Å². The second-order valence-corrected chi connectivity index (χ2v) is 7.73. The summed E-state index contributed by atoms with van der Waals surface area (Å²) in [5.74, 6) is -0.499.